The monoisotopic (exact) mass is 434 g/mol. The highest BCUT2D eigenvalue weighted by Crippen LogP contribution is 2.29. The largest absolute Gasteiger partial charge is 0.483 e. The number of rotatable bonds is 3. The van der Waals surface area contributed by atoms with Gasteiger partial charge in [-0.25, -0.2) is 0 Å². The van der Waals surface area contributed by atoms with Crippen LogP contribution in [0.25, 0.3) is 10.1 Å². The van der Waals surface area contributed by atoms with Crippen LogP contribution < -0.4 is 5.32 Å². The average Bonchev–Trinajstić information content (AvgIpc) is 3.20. The molecule has 0 spiro atoms. The number of aliphatic hydroxyl groups is 1. The zero-order valence-electron chi connectivity index (χ0n) is 16.5. The molecular weight excluding hydrogens is 408 g/mol. The summed E-state index contributed by atoms with van der Waals surface area (Å²) in [4.78, 5) is 35.8. The molecule has 0 unspecified atom stereocenters. The van der Waals surface area contributed by atoms with E-state index in [0.717, 1.165) is 10.1 Å². The Balaban J connectivity index is 0.000000806. The second-order valence-electron chi connectivity index (χ2n) is 7.35. The standard InChI is InChI=1S/C20H24N2O4S.CH2O2/c23-17-6-5-13(20(25)22-7-9-26-10-8-22)11-16(17)21-19(24)15-12-27-18-4-2-1-3-14(15)18;2-1-3/h1-4,12-13,16-17,23H,5-11H2,(H,21,24);1H,(H,2,3)/t13-,16+,17+;/m0./s1. The van der Waals surface area contributed by atoms with Crippen LogP contribution in [-0.2, 0) is 14.3 Å². The lowest BCUT2D eigenvalue weighted by atomic mass is 9.82. The SMILES string of the molecule is O=C(N[C@@H]1C[C@@H](C(=O)N2CCOCC2)CC[C@H]1O)c1csc2ccccc12.O=CO. The fourth-order valence-electron chi connectivity index (χ4n) is 3.98. The van der Waals surface area contributed by atoms with Gasteiger partial charge < -0.3 is 25.2 Å². The van der Waals surface area contributed by atoms with Gasteiger partial charge in [0.25, 0.3) is 12.4 Å². The van der Waals surface area contributed by atoms with Gasteiger partial charge in [-0.3, -0.25) is 14.4 Å². The second kappa shape index (κ2) is 10.5. The van der Waals surface area contributed by atoms with Gasteiger partial charge in [0.2, 0.25) is 5.91 Å². The van der Waals surface area contributed by atoms with Crippen molar-refractivity contribution in [1.29, 1.82) is 0 Å². The van der Waals surface area contributed by atoms with Crippen molar-refractivity contribution >= 4 is 39.7 Å². The molecule has 3 atom stereocenters. The second-order valence-corrected chi connectivity index (χ2v) is 8.26. The van der Waals surface area contributed by atoms with E-state index in [2.05, 4.69) is 5.32 Å². The number of fused-ring (bicyclic) bond motifs is 1. The molecule has 0 bridgehead atoms. The number of amides is 2. The van der Waals surface area contributed by atoms with Gasteiger partial charge in [0, 0.05) is 34.5 Å². The maximum Gasteiger partial charge on any atom is 0.290 e. The average molecular weight is 435 g/mol. The lowest BCUT2D eigenvalue weighted by molar-refractivity contribution is -0.141. The predicted molar refractivity (Wildman–Crippen MR) is 113 cm³/mol. The molecule has 9 heteroatoms. The minimum Gasteiger partial charge on any atom is -0.483 e. The van der Waals surface area contributed by atoms with E-state index in [4.69, 9.17) is 14.6 Å². The Labute approximate surface area is 178 Å². The Morgan fingerprint density at radius 3 is 2.63 bits per heavy atom. The van der Waals surface area contributed by atoms with Gasteiger partial charge in [-0.05, 0) is 25.3 Å². The van der Waals surface area contributed by atoms with Crippen molar-refractivity contribution in [2.75, 3.05) is 26.3 Å². The molecule has 2 heterocycles. The minimum absolute atomic E-state index is 0.116. The molecule has 4 rings (SSSR count). The van der Waals surface area contributed by atoms with Crippen LogP contribution in [0.3, 0.4) is 0 Å². The molecule has 3 N–H and O–H groups in total. The lowest BCUT2D eigenvalue weighted by Crippen LogP contribution is -2.51. The number of morpholine rings is 1. The molecule has 30 heavy (non-hydrogen) atoms. The Bertz CT molecular complexity index is 879. The number of thiophene rings is 1. The van der Waals surface area contributed by atoms with Crippen molar-refractivity contribution in [2.24, 2.45) is 5.92 Å². The summed E-state index contributed by atoms with van der Waals surface area (Å²) in [5.74, 6) is -0.225. The van der Waals surface area contributed by atoms with Crippen LogP contribution in [0, 0.1) is 5.92 Å². The van der Waals surface area contributed by atoms with Crippen molar-refractivity contribution < 1.29 is 29.3 Å². The first kappa shape index (κ1) is 22.2. The number of nitrogens with zero attached hydrogens (tertiary/aromatic N) is 1. The summed E-state index contributed by atoms with van der Waals surface area (Å²) in [6.45, 7) is 2.14. The molecule has 2 amide bonds. The van der Waals surface area contributed by atoms with Crippen LogP contribution in [0.2, 0.25) is 0 Å². The number of aliphatic hydroxyl groups excluding tert-OH is 1. The smallest absolute Gasteiger partial charge is 0.290 e. The number of nitrogens with one attached hydrogen (secondary N) is 1. The molecule has 1 aromatic heterocycles. The van der Waals surface area contributed by atoms with E-state index in [1.54, 1.807) is 0 Å². The molecule has 8 nitrogen and oxygen atoms in total. The van der Waals surface area contributed by atoms with Gasteiger partial charge in [0.1, 0.15) is 0 Å². The summed E-state index contributed by atoms with van der Waals surface area (Å²) in [6.07, 6.45) is 1.04. The zero-order valence-corrected chi connectivity index (χ0v) is 17.3. The van der Waals surface area contributed by atoms with E-state index in [1.807, 2.05) is 34.5 Å². The van der Waals surface area contributed by atoms with Crippen molar-refractivity contribution in [1.82, 2.24) is 10.2 Å². The normalized spacial score (nSPS) is 23.9. The first-order valence-electron chi connectivity index (χ1n) is 9.94. The van der Waals surface area contributed by atoms with Crippen molar-refractivity contribution in [3.63, 3.8) is 0 Å². The van der Waals surface area contributed by atoms with E-state index in [1.165, 1.54) is 11.3 Å². The Hall–Kier alpha value is -2.49. The van der Waals surface area contributed by atoms with Gasteiger partial charge in [-0.1, -0.05) is 18.2 Å². The third-order valence-electron chi connectivity index (χ3n) is 5.53. The quantitative estimate of drug-likeness (QED) is 0.634. The fourth-order valence-corrected chi connectivity index (χ4v) is 4.92. The Morgan fingerprint density at radius 1 is 1.20 bits per heavy atom. The van der Waals surface area contributed by atoms with Crippen molar-refractivity contribution in [2.45, 2.75) is 31.4 Å². The van der Waals surface area contributed by atoms with E-state index >= 15 is 0 Å². The highest BCUT2D eigenvalue weighted by atomic mass is 32.1. The molecule has 1 aliphatic carbocycles. The summed E-state index contributed by atoms with van der Waals surface area (Å²) < 4.78 is 6.38. The molecule has 162 valence electrons. The van der Waals surface area contributed by atoms with E-state index in [0.29, 0.717) is 51.1 Å². The fraction of sp³-hybridized carbons (Fsp3) is 0.476. The summed E-state index contributed by atoms with van der Waals surface area (Å²) in [7, 11) is 0. The summed E-state index contributed by atoms with van der Waals surface area (Å²) in [5, 5.41) is 23.0. The lowest BCUT2D eigenvalue weighted by Gasteiger charge is -2.36. The molecule has 1 aromatic carbocycles. The van der Waals surface area contributed by atoms with Crippen LogP contribution in [0.4, 0.5) is 0 Å². The van der Waals surface area contributed by atoms with Crippen molar-refractivity contribution in [3.8, 4) is 0 Å². The Morgan fingerprint density at radius 2 is 1.90 bits per heavy atom. The first-order chi connectivity index (χ1) is 14.5. The molecule has 2 aromatic rings. The number of hydrogen-bond acceptors (Lipinski definition) is 6. The van der Waals surface area contributed by atoms with Gasteiger partial charge in [0.05, 0.1) is 30.9 Å². The number of ether oxygens (including phenoxy) is 1. The number of hydrogen-bond donors (Lipinski definition) is 3. The molecule has 1 aliphatic heterocycles. The van der Waals surface area contributed by atoms with E-state index in [-0.39, 0.29) is 24.2 Å². The number of benzene rings is 1. The number of carboxylic acid groups (broad SMARTS) is 1. The molecular formula is C21H26N2O6S. The minimum atomic E-state index is -0.618. The predicted octanol–water partition coefficient (Wildman–Crippen LogP) is 1.72. The molecule has 1 saturated heterocycles. The highest BCUT2D eigenvalue weighted by molar-refractivity contribution is 7.17. The molecule has 2 aliphatic rings. The van der Waals surface area contributed by atoms with Gasteiger partial charge >= 0.3 is 0 Å². The number of carbonyl (C=O) groups excluding carboxylic acids is 2. The van der Waals surface area contributed by atoms with Crippen LogP contribution in [0.5, 0.6) is 0 Å². The van der Waals surface area contributed by atoms with Gasteiger partial charge in [0.15, 0.2) is 0 Å². The highest BCUT2D eigenvalue weighted by Gasteiger charge is 2.36. The van der Waals surface area contributed by atoms with Gasteiger partial charge in [-0.2, -0.15) is 0 Å². The Kier molecular flexibility index (Phi) is 7.78. The summed E-state index contributed by atoms with van der Waals surface area (Å²) >= 11 is 1.53. The number of carbonyl (C=O) groups is 3. The van der Waals surface area contributed by atoms with Crippen LogP contribution in [0.1, 0.15) is 29.6 Å². The van der Waals surface area contributed by atoms with Gasteiger partial charge in [-0.15, -0.1) is 11.3 Å². The third kappa shape index (κ3) is 5.16. The van der Waals surface area contributed by atoms with Crippen LogP contribution in [0.15, 0.2) is 29.6 Å². The van der Waals surface area contributed by atoms with E-state index < -0.39 is 12.1 Å². The topological polar surface area (TPSA) is 116 Å². The third-order valence-corrected chi connectivity index (χ3v) is 6.49. The summed E-state index contributed by atoms with van der Waals surface area (Å²) in [6, 6.07) is 7.39. The first-order valence-corrected chi connectivity index (χ1v) is 10.8. The molecule has 1 saturated carbocycles. The maximum atomic E-state index is 12.8. The molecule has 2 fully saturated rings. The van der Waals surface area contributed by atoms with Crippen molar-refractivity contribution in [3.05, 3.63) is 35.2 Å². The van der Waals surface area contributed by atoms with Crippen LogP contribution >= 0.6 is 11.3 Å². The molecule has 0 radical (unpaired) electrons. The maximum absolute atomic E-state index is 12.8. The summed E-state index contributed by atoms with van der Waals surface area (Å²) in [5.41, 5.74) is 0.629. The van der Waals surface area contributed by atoms with E-state index in [9.17, 15) is 14.7 Å². The zero-order chi connectivity index (χ0) is 21.5. The van der Waals surface area contributed by atoms with Crippen LogP contribution in [-0.4, -0.2) is 71.8 Å².